The molecular weight excluding hydrogens is 440 g/mol. The highest BCUT2D eigenvalue weighted by atomic mass is 35.5. The smallest absolute Gasteiger partial charge is 0.262 e. The first-order chi connectivity index (χ1) is 15.1. The van der Waals surface area contributed by atoms with Gasteiger partial charge in [-0.05, 0) is 48.5 Å². The SMILES string of the molecule is O=C(CSc1nc2cc(Cl)ccc2c(=O)n1Cc1ccco1)c1ccc2c(c1)OCO2. The van der Waals surface area contributed by atoms with Crippen LogP contribution < -0.4 is 15.0 Å². The van der Waals surface area contributed by atoms with Gasteiger partial charge in [0.05, 0.1) is 29.5 Å². The first-order valence-corrected chi connectivity index (χ1v) is 10.7. The number of nitrogens with zero attached hydrogens (tertiary/aromatic N) is 2. The Balaban J connectivity index is 1.47. The summed E-state index contributed by atoms with van der Waals surface area (Å²) < 4.78 is 17.5. The van der Waals surface area contributed by atoms with Crippen molar-refractivity contribution in [2.45, 2.75) is 11.7 Å². The molecule has 3 heterocycles. The number of carbonyl (C=O) groups excluding carboxylic acids is 1. The first-order valence-electron chi connectivity index (χ1n) is 9.36. The van der Waals surface area contributed by atoms with Gasteiger partial charge in [-0.1, -0.05) is 23.4 Å². The number of benzene rings is 2. The molecule has 9 heteroatoms. The maximum atomic E-state index is 13.1. The zero-order valence-electron chi connectivity index (χ0n) is 16.0. The lowest BCUT2D eigenvalue weighted by Crippen LogP contribution is -2.24. The molecule has 1 aliphatic rings. The number of ketones is 1. The number of Topliss-reactive ketones (excluding diaryl/α,β-unsaturated/α-hetero) is 1. The van der Waals surface area contributed by atoms with E-state index in [0.717, 1.165) is 0 Å². The maximum Gasteiger partial charge on any atom is 0.262 e. The maximum absolute atomic E-state index is 13.1. The Kier molecular flexibility index (Phi) is 5.17. The standard InChI is InChI=1S/C22H15ClN2O5S/c23-14-4-5-16-17(9-14)24-22(25(21(16)27)10-15-2-1-7-28-15)31-11-18(26)13-3-6-19-20(8-13)30-12-29-19/h1-9H,10-12H2. The molecule has 5 rings (SSSR count). The minimum Gasteiger partial charge on any atom is -0.467 e. The van der Waals surface area contributed by atoms with Crippen molar-refractivity contribution in [3.8, 4) is 11.5 Å². The third-order valence-electron chi connectivity index (χ3n) is 4.80. The van der Waals surface area contributed by atoms with Crippen LogP contribution in [-0.4, -0.2) is 27.9 Å². The molecule has 2 aromatic heterocycles. The van der Waals surface area contributed by atoms with Crippen molar-refractivity contribution in [3.05, 3.63) is 81.5 Å². The van der Waals surface area contributed by atoms with E-state index in [1.807, 2.05) is 0 Å². The molecule has 0 atom stereocenters. The van der Waals surface area contributed by atoms with E-state index >= 15 is 0 Å². The van der Waals surface area contributed by atoms with Gasteiger partial charge in [-0.25, -0.2) is 4.98 Å². The summed E-state index contributed by atoms with van der Waals surface area (Å²) in [7, 11) is 0. The van der Waals surface area contributed by atoms with Gasteiger partial charge in [0.25, 0.3) is 5.56 Å². The van der Waals surface area contributed by atoms with Crippen LogP contribution in [0.25, 0.3) is 10.9 Å². The lowest BCUT2D eigenvalue weighted by Gasteiger charge is -2.12. The van der Waals surface area contributed by atoms with Gasteiger partial charge in [-0.2, -0.15) is 0 Å². The number of ether oxygens (including phenoxy) is 2. The van der Waals surface area contributed by atoms with Crippen molar-refractivity contribution in [2.75, 3.05) is 12.5 Å². The first kappa shape index (κ1) is 19.7. The fraction of sp³-hybridized carbons (Fsp3) is 0.136. The second-order valence-corrected chi connectivity index (χ2v) is 8.19. The molecule has 4 aromatic rings. The number of halogens is 1. The van der Waals surface area contributed by atoms with E-state index in [1.54, 1.807) is 54.8 Å². The van der Waals surface area contributed by atoms with Crippen LogP contribution in [0.15, 0.2) is 69.2 Å². The zero-order valence-corrected chi connectivity index (χ0v) is 17.6. The number of furan rings is 1. The Bertz CT molecular complexity index is 1350. The topological polar surface area (TPSA) is 83.6 Å². The monoisotopic (exact) mass is 454 g/mol. The van der Waals surface area contributed by atoms with E-state index < -0.39 is 0 Å². The molecule has 0 saturated heterocycles. The lowest BCUT2D eigenvalue weighted by atomic mass is 10.1. The molecule has 7 nitrogen and oxygen atoms in total. The van der Waals surface area contributed by atoms with Crippen molar-refractivity contribution in [1.82, 2.24) is 9.55 Å². The minimum atomic E-state index is -0.226. The molecule has 31 heavy (non-hydrogen) atoms. The van der Waals surface area contributed by atoms with E-state index in [4.69, 9.17) is 25.5 Å². The second-order valence-electron chi connectivity index (χ2n) is 6.81. The van der Waals surface area contributed by atoms with Crippen LogP contribution in [0.5, 0.6) is 11.5 Å². The molecule has 0 fully saturated rings. The molecule has 0 N–H and O–H groups in total. The van der Waals surface area contributed by atoms with Gasteiger partial charge in [0.1, 0.15) is 5.76 Å². The molecule has 0 saturated carbocycles. The van der Waals surface area contributed by atoms with Gasteiger partial charge in [-0.3, -0.25) is 14.2 Å². The number of rotatable bonds is 6. The van der Waals surface area contributed by atoms with E-state index in [1.165, 1.54) is 16.3 Å². The Hall–Kier alpha value is -3.23. The number of thioether (sulfide) groups is 1. The average Bonchev–Trinajstić information content (AvgIpc) is 3.45. The summed E-state index contributed by atoms with van der Waals surface area (Å²) in [6.07, 6.45) is 1.55. The fourth-order valence-electron chi connectivity index (χ4n) is 3.27. The Morgan fingerprint density at radius 2 is 2.00 bits per heavy atom. The van der Waals surface area contributed by atoms with E-state index in [-0.39, 0.29) is 30.4 Å². The number of hydrogen-bond acceptors (Lipinski definition) is 7. The van der Waals surface area contributed by atoms with Crippen LogP contribution in [0, 0.1) is 0 Å². The highest BCUT2D eigenvalue weighted by molar-refractivity contribution is 7.99. The summed E-state index contributed by atoms with van der Waals surface area (Å²) in [4.78, 5) is 30.5. The van der Waals surface area contributed by atoms with Crippen LogP contribution >= 0.6 is 23.4 Å². The number of carbonyl (C=O) groups is 1. The van der Waals surface area contributed by atoms with Crippen molar-refractivity contribution >= 4 is 40.0 Å². The van der Waals surface area contributed by atoms with Crippen molar-refractivity contribution < 1.29 is 18.7 Å². The summed E-state index contributed by atoms with van der Waals surface area (Å²) in [6, 6.07) is 13.5. The highest BCUT2D eigenvalue weighted by Crippen LogP contribution is 2.33. The van der Waals surface area contributed by atoms with Gasteiger partial charge < -0.3 is 13.9 Å². The molecule has 1 aliphatic heterocycles. The Labute approximate surface area is 185 Å². The average molecular weight is 455 g/mol. The molecule has 0 amide bonds. The van der Waals surface area contributed by atoms with Gasteiger partial charge in [-0.15, -0.1) is 0 Å². The minimum absolute atomic E-state index is 0.0936. The van der Waals surface area contributed by atoms with Crippen molar-refractivity contribution in [3.63, 3.8) is 0 Å². The molecule has 0 radical (unpaired) electrons. The van der Waals surface area contributed by atoms with Gasteiger partial charge in [0.15, 0.2) is 22.4 Å². The normalized spacial score (nSPS) is 12.4. The summed E-state index contributed by atoms with van der Waals surface area (Å²) in [6.45, 7) is 0.350. The Morgan fingerprint density at radius 1 is 1.13 bits per heavy atom. The zero-order chi connectivity index (χ0) is 21.4. The van der Waals surface area contributed by atoms with E-state index in [2.05, 4.69) is 4.98 Å². The molecular formula is C22H15ClN2O5S. The van der Waals surface area contributed by atoms with E-state index in [0.29, 0.717) is 43.9 Å². The quantitative estimate of drug-likeness (QED) is 0.242. The summed E-state index contributed by atoms with van der Waals surface area (Å²) >= 11 is 7.27. The van der Waals surface area contributed by atoms with Crippen LogP contribution in [-0.2, 0) is 6.54 Å². The van der Waals surface area contributed by atoms with Crippen LogP contribution in [0.4, 0.5) is 0 Å². The van der Waals surface area contributed by atoms with Crippen molar-refractivity contribution in [1.29, 1.82) is 0 Å². The molecule has 0 bridgehead atoms. The third kappa shape index (κ3) is 3.92. The summed E-state index contributed by atoms with van der Waals surface area (Å²) in [5.74, 6) is 1.75. The van der Waals surface area contributed by atoms with Crippen molar-refractivity contribution in [2.24, 2.45) is 0 Å². The largest absolute Gasteiger partial charge is 0.467 e. The lowest BCUT2D eigenvalue weighted by molar-refractivity contribution is 0.102. The number of hydrogen-bond donors (Lipinski definition) is 0. The molecule has 0 spiro atoms. The van der Waals surface area contributed by atoms with Gasteiger partial charge in [0.2, 0.25) is 6.79 Å². The summed E-state index contributed by atoms with van der Waals surface area (Å²) in [5, 5.41) is 1.34. The van der Waals surface area contributed by atoms with Crippen LogP contribution in [0.2, 0.25) is 5.02 Å². The van der Waals surface area contributed by atoms with Gasteiger partial charge >= 0.3 is 0 Å². The fourth-order valence-corrected chi connectivity index (χ4v) is 4.32. The second kappa shape index (κ2) is 8.13. The molecule has 156 valence electrons. The third-order valence-corrected chi connectivity index (χ3v) is 6.01. The van der Waals surface area contributed by atoms with Crippen LogP contribution in [0.3, 0.4) is 0 Å². The predicted octanol–water partition coefficient (Wildman–Crippen LogP) is 4.39. The Morgan fingerprint density at radius 3 is 2.84 bits per heavy atom. The van der Waals surface area contributed by atoms with Crippen LogP contribution in [0.1, 0.15) is 16.1 Å². The highest BCUT2D eigenvalue weighted by Gasteiger charge is 2.18. The van der Waals surface area contributed by atoms with E-state index in [9.17, 15) is 9.59 Å². The summed E-state index contributed by atoms with van der Waals surface area (Å²) in [5.41, 5.74) is 0.753. The molecule has 2 aromatic carbocycles. The van der Waals surface area contributed by atoms with Gasteiger partial charge in [0, 0.05) is 10.6 Å². The molecule has 0 unspecified atom stereocenters. The number of fused-ring (bicyclic) bond motifs is 2. The predicted molar refractivity (Wildman–Crippen MR) is 116 cm³/mol. The molecule has 0 aliphatic carbocycles. The number of aromatic nitrogens is 2.